The first-order chi connectivity index (χ1) is 12.2. The second-order valence-corrected chi connectivity index (χ2v) is 9.13. The summed E-state index contributed by atoms with van der Waals surface area (Å²) in [5.74, 6) is 2.23. The highest BCUT2D eigenvalue weighted by molar-refractivity contribution is 5.99. The van der Waals surface area contributed by atoms with Crippen LogP contribution in [0.3, 0.4) is 0 Å². The minimum Gasteiger partial charge on any atom is -0.0587 e. The lowest BCUT2D eigenvalue weighted by Gasteiger charge is -2.20. The molecule has 0 saturated carbocycles. The summed E-state index contributed by atoms with van der Waals surface area (Å²) in [6.45, 7) is 18.4. The number of benzene rings is 3. The second kappa shape index (κ2) is 7.06. The topological polar surface area (TPSA) is 0 Å². The van der Waals surface area contributed by atoms with Gasteiger partial charge < -0.3 is 0 Å². The molecule has 0 bridgehead atoms. The van der Waals surface area contributed by atoms with Crippen LogP contribution in [0.1, 0.15) is 101 Å². The van der Waals surface area contributed by atoms with E-state index >= 15 is 0 Å². The van der Waals surface area contributed by atoms with Crippen LogP contribution >= 0.6 is 0 Å². The average Bonchev–Trinajstić information content (AvgIpc) is 2.57. The molecule has 138 valence electrons. The molecular formula is C26H34. The van der Waals surface area contributed by atoms with Crippen LogP contribution in [0.15, 0.2) is 36.4 Å². The molecule has 3 aromatic carbocycles. The van der Waals surface area contributed by atoms with Crippen LogP contribution in [0.5, 0.6) is 0 Å². The van der Waals surface area contributed by atoms with Gasteiger partial charge in [-0.25, -0.2) is 0 Å². The molecule has 0 radical (unpaired) electrons. The molecule has 0 nitrogen and oxygen atoms in total. The summed E-state index contributed by atoms with van der Waals surface area (Å²) in [6.07, 6.45) is 0. The quantitative estimate of drug-likeness (QED) is 0.415. The molecule has 0 heterocycles. The Morgan fingerprint density at radius 1 is 0.346 bits per heavy atom. The monoisotopic (exact) mass is 346 g/mol. The molecule has 0 fully saturated rings. The third-order valence-electron chi connectivity index (χ3n) is 5.69. The molecule has 0 amide bonds. The molecule has 0 saturated heterocycles. The van der Waals surface area contributed by atoms with Crippen molar-refractivity contribution in [2.24, 2.45) is 0 Å². The van der Waals surface area contributed by atoms with Gasteiger partial charge in [0.2, 0.25) is 0 Å². The third-order valence-corrected chi connectivity index (χ3v) is 5.69. The summed E-state index contributed by atoms with van der Waals surface area (Å²) in [6, 6.07) is 14.5. The summed E-state index contributed by atoms with van der Waals surface area (Å²) in [5, 5.41) is 5.49. The second-order valence-electron chi connectivity index (χ2n) is 9.13. The fraction of sp³-hybridized carbons (Fsp3) is 0.462. The molecule has 0 spiro atoms. The van der Waals surface area contributed by atoms with Gasteiger partial charge in [-0.2, -0.15) is 0 Å². The Morgan fingerprint density at radius 2 is 0.538 bits per heavy atom. The molecule has 0 atom stereocenters. The van der Waals surface area contributed by atoms with Crippen molar-refractivity contribution in [1.29, 1.82) is 0 Å². The summed E-state index contributed by atoms with van der Waals surface area (Å²) >= 11 is 0. The molecular weight excluding hydrogens is 312 g/mol. The number of hydrogen-bond acceptors (Lipinski definition) is 0. The summed E-state index contributed by atoms with van der Waals surface area (Å²) in [4.78, 5) is 0. The van der Waals surface area contributed by atoms with E-state index in [1.54, 1.807) is 0 Å². The van der Waals surface area contributed by atoms with E-state index in [1.165, 1.54) is 43.8 Å². The zero-order chi connectivity index (χ0) is 19.2. The molecule has 0 aliphatic carbocycles. The van der Waals surface area contributed by atoms with Crippen LogP contribution in [0, 0.1) is 0 Å². The number of fused-ring (bicyclic) bond motifs is 2. The molecule has 3 rings (SSSR count). The Hall–Kier alpha value is -1.82. The lowest BCUT2D eigenvalue weighted by Crippen LogP contribution is -2.00. The molecule has 0 N–H and O–H groups in total. The lowest BCUT2D eigenvalue weighted by atomic mass is 9.85. The maximum absolute atomic E-state index is 2.43. The predicted octanol–water partition coefficient (Wildman–Crippen LogP) is 8.49. The molecule has 0 unspecified atom stereocenters. The van der Waals surface area contributed by atoms with E-state index < -0.39 is 0 Å². The minimum absolute atomic E-state index is 0.557. The third kappa shape index (κ3) is 3.39. The van der Waals surface area contributed by atoms with Crippen LogP contribution in [-0.2, 0) is 0 Å². The summed E-state index contributed by atoms with van der Waals surface area (Å²) < 4.78 is 0. The van der Waals surface area contributed by atoms with Crippen molar-refractivity contribution >= 4 is 21.5 Å². The number of rotatable bonds is 4. The van der Waals surface area contributed by atoms with Gasteiger partial charge in [-0.1, -0.05) is 79.7 Å². The van der Waals surface area contributed by atoms with Crippen molar-refractivity contribution in [2.45, 2.75) is 79.1 Å². The van der Waals surface area contributed by atoms with E-state index in [2.05, 4.69) is 91.8 Å². The van der Waals surface area contributed by atoms with Gasteiger partial charge in [0, 0.05) is 0 Å². The molecule has 26 heavy (non-hydrogen) atoms. The Balaban J connectivity index is 2.33. The van der Waals surface area contributed by atoms with Gasteiger partial charge in [0.05, 0.1) is 0 Å². The van der Waals surface area contributed by atoms with Crippen LogP contribution in [0.2, 0.25) is 0 Å². The van der Waals surface area contributed by atoms with Crippen molar-refractivity contribution in [3.05, 3.63) is 58.7 Å². The van der Waals surface area contributed by atoms with Crippen LogP contribution in [0.4, 0.5) is 0 Å². The summed E-state index contributed by atoms with van der Waals surface area (Å²) in [5.41, 5.74) is 5.98. The van der Waals surface area contributed by atoms with Gasteiger partial charge in [-0.05, 0) is 79.6 Å². The van der Waals surface area contributed by atoms with Crippen LogP contribution < -0.4 is 0 Å². The van der Waals surface area contributed by atoms with Crippen molar-refractivity contribution in [2.75, 3.05) is 0 Å². The maximum atomic E-state index is 2.43. The van der Waals surface area contributed by atoms with Gasteiger partial charge in [-0.3, -0.25) is 0 Å². The maximum Gasteiger partial charge on any atom is -0.0175 e. The van der Waals surface area contributed by atoms with E-state index in [0.717, 1.165) is 0 Å². The van der Waals surface area contributed by atoms with Crippen molar-refractivity contribution in [3.63, 3.8) is 0 Å². The lowest BCUT2D eigenvalue weighted by molar-refractivity contribution is 0.792. The molecule has 0 aliphatic rings. The predicted molar refractivity (Wildman–Crippen MR) is 118 cm³/mol. The van der Waals surface area contributed by atoms with Crippen molar-refractivity contribution < 1.29 is 0 Å². The van der Waals surface area contributed by atoms with E-state index in [-0.39, 0.29) is 0 Å². The highest BCUT2D eigenvalue weighted by atomic mass is 14.2. The standard InChI is InChI=1S/C26H34/c1-15(2)23-11-19-9-21-13-25(17(5)6)26(18(7)8)14-22(21)10-20(19)12-24(23)16(3)4/h9-18H,1-8H3. The first-order valence-electron chi connectivity index (χ1n) is 10.2. The van der Waals surface area contributed by atoms with Crippen molar-refractivity contribution in [1.82, 2.24) is 0 Å². The van der Waals surface area contributed by atoms with Gasteiger partial charge in [0.25, 0.3) is 0 Å². The Labute approximate surface area is 159 Å². The van der Waals surface area contributed by atoms with E-state index in [1.807, 2.05) is 0 Å². The highest BCUT2D eigenvalue weighted by Gasteiger charge is 2.15. The fourth-order valence-corrected chi connectivity index (χ4v) is 4.17. The van der Waals surface area contributed by atoms with E-state index in [4.69, 9.17) is 0 Å². The normalized spacial score (nSPS) is 12.5. The zero-order valence-electron chi connectivity index (χ0n) is 17.8. The Kier molecular flexibility index (Phi) is 5.15. The molecule has 3 aromatic rings. The minimum atomic E-state index is 0.557. The first-order valence-corrected chi connectivity index (χ1v) is 10.2. The highest BCUT2D eigenvalue weighted by Crippen LogP contribution is 2.35. The molecule has 0 aromatic heterocycles. The van der Waals surface area contributed by atoms with Crippen LogP contribution in [-0.4, -0.2) is 0 Å². The van der Waals surface area contributed by atoms with E-state index in [0.29, 0.717) is 23.7 Å². The molecule has 0 heteroatoms. The van der Waals surface area contributed by atoms with Gasteiger partial charge in [0.1, 0.15) is 0 Å². The Morgan fingerprint density at radius 3 is 0.692 bits per heavy atom. The van der Waals surface area contributed by atoms with Gasteiger partial charge in [-0.15, -0.1) is 0 Å². The largest absolute Gasteiger partial charge is 0.0587 e. The SMILES string of the molecule is CC(C)c1cc2cc3cc(C(C)C)c(C(C)C)cc3cc2cc1C(C)C. The average molecular weight is 347 g/mol. The molecule has 0 aliphatic heterocycles. The smallest absolute Gasteiger partial charge is 0.0175 e. The van der Waals surface area contributed by atoms with E-state index in [9.17, 15) is 0 Å². The van der Waals surface area contributed by atoms with Crippen LogP contribution in [0.25, 0.3) is 21.5 Å². The van der Waals surface area contributed by atoms with Gasteiger partial charge >= 0.3 is 0 Å². The first kappa shape index (κ1) is 19.0. The van der Waals surface area contributed by atoms with Gasteiger partial charge in [0.15, 0.2) is 0 Å². The summed E-state index contributed by atoms with van der Waals surface area (Å²) in [7, 11) is 0. The van der Waals surface area contributed by atoms with Crippen molar-refractivity contribution in [3.8, 4) is 0 Å². The zero-order valence-corrected chi connectivity index (χ0v) is 17.8. The Bertz CT molecular complexity index is 786. The fourth-order valence-electron chi connectivity index (χ4n) is 4.17. The number of hydrogen-bond donors (Lipinski definition) is 0.